The molecule has 2 N–H and O–H groups in total. The molecule has 0 unspecified atom stereocenters. The molecule has 6 nitrogen and oxygen atoms in total. The average Bonchev–Trinajstić information content (AvgIpc) is 3.09. The maximum absolute atomic E-state index is 11.2. The molecule has 0 saturated carbocycles. The minimum Gasteiger partial charge on any atom is -0.481 e. The quantitative estimate of drug-likeness (QED) is 0.733. The van der Waals surface area contributed by atoms with Crippen molar-refractivity contribution in [1.29, 1.82) is 0 Å². The van der Waals surface area contributed by atoms with Gasteiger partial charge in [-0.25, -0.2) is 9.97 Å². The smallest absolute Gasteiger partial charge is 0.315 e. The second-order valence-corrected chi connectivity index (χ2v) is 6.26. The summed E-state index contributed by atoms with van der Waals surface area (Å²) in [5, 5.41) is 15.0. The first kappa shape index (κ1) is 15.5. The average molecular weight is 308 g/mol. The molecule has 0 aliphatic heterocycles. The Morgan fingerprint density at radius 3 is 2.95 bits per heavy atom. The number of carbonyl (C=O) groups is 1. The zero-order valence-corrected chi connectivity index (χ0v) is 13.1. The van der Waals surface area contributed by atoms with Gasteiger partial charge >= 0.3 is 5.97 Å². The SMILES string of the molecule is CC(C)(C(=O)O)c1csc(NCCCCn2ccnc2)n1. The van der Waals surface area contributed by atoms with Crippen LogP contribution < -0.4 is 5.32 Å². The fourth-order valence-electron chi connectivity index (χ4n) is 1.79. The van der Waals surface area contributed by atoms with Gasteiger partial charge in [-0.2, -0.15) is 0 Å². The van der Waals surface area contributed by atoms with Crippen molar-refractivity contribution in [3.63, 3.8) is 0 Å². The fraction of sp³-hybridized carbons (Fsp3) is 0.500. The number of rotatable bonds is 8. The summed E-state index contributed by atoms with van der Waals surface area (Å²) in [4.78, 5) is 19.5. The Bertz CT molecular complexity index is 578. The maximum Gasteiger partial charge on any atom is 0.315 e. The molecule has 0 fully saturated rings. The normalized spacial score (nSPS) is 11.5. The number of thiazole rings is 1. The summed E-state index contributed by atoms with van der Waals surface area (Å²) in [5.74, 6) is -0.861. The molecule has 21 heavy (non-hydrogen) atoms. The Labute approximate surface area is 127 Å². The number of aromatic nitrogens is 3. The van der Waals surface area contributed by atoms with Gasteiger partial charge in [0, 0.05) is 30.9 Å². The summed E-state index contributed by atoms with van der Waals surface area (Å²) in [5.41, 5.74) is -0.349. The summed E-state index contributed by atoms with van der Waals surface area (Å²) in [6.07, 6.45) is 7.63. The van der Waals surface area contributed by atoms with Gasteiger partial charge in [0.25, 0.3) is 0 Å². The van der Waals surface area contributed by atoms with Gasteiger partial charge in [-0.3, -0.25) is 4.79 Å². The van der Waals surface area contributed by atoms with Crippen molar-refractivity contribution in [2.24, 2.45) is 0 Å². The van der Waals surface area contributed by atoms with Crippen molar-refractivity contribution in [2.75, 3.05) is 11.9 Å². The van der Waals surface area contributed by atoms with Gasteiger partial charge in [-0.15, -0.1) is 11.3 Å². The summed E-state index contributed by atoms with van der Waals surface area (Å²) < 4.78 is 2.05. The first-order valence-corrected chi connectivity index (χ1v) is 7.77. The first-order valence-electron chi connectivity index (χ1n) is 6.89. The van der Waals surface area contributed by atoms with Crippen LogP contribution in [0, 0.1) is 0 Å². The molecule has 0 radical (unpaired) electrons. The van der Waals surface area contributed by atoms with Crippen molar-refractivity contribution in [2.45, 2.75) is 38.6 Å². The summed E-state index contributed by atoms with van der Waals surface area (Å²) in [6.45, 7) is 5.12. The Balaban J connectivity index is 1.74. The summed E-state index contributed by atoms with van der Waals surface area (Å²) >= 11 is 1.45. The Morgan fingerprint density at radius 1 is 1.48 bits per heavy atom. The first-order chi connectivity index (χ1) is 10.00. The van der Waals surface area contributed by atoms with Gasteiger partial charge in [0.2, 0.25) is 0 Å². The molecule has 2 heterocycles. The van der Waals surface area contributed by atoms with E-state index in [-0.39, 0.29) is 0 Å². The van der Waals surface area contributed by atoms with Crippen molar-refractivity contribution in [1.82, 2.24) is 14.5 Å². The van der Waals surface area contributed by atoms with Gasteiger partial charge in [0.1, 0.15) is 5.41 Å². The molecule has 0 bridgehead atoms. The van der Waals surface area contributed by atoms with Crippen LogP contribution in [0.1, 0.15) is 32.4 Å². The molecule has 114 valence electrons. The van der Waals surface area contributed by atoms with Crippen molar-refractivity contribution >= 4 is 22.4 Å². The van der Waals surface area contributed by atoms with Crippen LogP contribution in [0.15, 0.2) is 24.1 Å². The molecular formula is C14H20N4O2S. The lowest BCUT2D eigenvalue weighted by Crippen LogP contribution is -2.28. The molecular weight excluding hydrogens is 288 g/mol. The molecule has 2 aromatic rings. The van der Waals surface area contributed by atoms with E-state index in [1.807, 2.05) is 17.9 Å². The number of aliphatic carboxylic acids is 1. The Kier molecular flexibility index (Phi) is 4.95. The van der Waals surface area contributed by atoms with E-state index in [9.17, 15) is 9.90 Å². The van der Waals surface area contributed by atoms with Crippen LogP contribution in [0.5, 0.6) is 0 Å². The molecule has 0 aliphatic carbocycles. The lowest BCUT2D eigenvalue weighted by Gasteiger charge is -2.15. The van der Waals surface area contributed by atoms with Crippen molar-refractivity contribution < 1.29 is 9.90 Å². The van der Waals surface area contributed by atoms with Crippen LogP contribution in [0.25, 0.3) is 0 Å². The van der Waals surface area contributed by atoms with E-state index in [0.29, 0.717) is 5.69 Å². The number of unbranched alkanes of at least 4 members (excludes halogenated alkanes) is 1. The number of anilines is 1. The predicted octanol–water partition coefficient (Wildman–Crippen LogP) is 2.59. The molecule has 0 aromatic carbocycles. The van der Waals surface area contributed by atoms with Crippen LogP contribution in [0.2, 0.25) is 0 Å². The third-order valence-electron chi connectivity index (χ3n) is 3.36. The number of hydrogen-bond acceptors (Lipinski definition) is 5. The van der Waals surface area contributed by atoms with Crippen LogP contribution in [-0.4, -0.2) is 32.2 Å². The van der Waals surface area contributed by atoms with Gasteiger partial charge in [-0.1, -0.05) is 0 Å². The number of hydrogen-bond donors (Lipinski definition) is 2. The monoisotopic (exact) mass is 308 g/mol. The minimum atomic E-state index is -0.947. The highest BCUT2D eigenvalue weighted by molar-refractivity contribution is 7.13. The second kappa shape index (κ2) is 6.71. The zero-order chi connectivity index (χ0) is 15.3. The number of aryl methyl sites for hydroxylation is 1. The molecule has 0 atom stereocenters. The van der Waals surface area contributed by atoms with Gasteiger partial charge in [0.05, 0.1) is 12.0 Å². The van der Waals surface area contributed by atoms with E-state index in [4.69, 9.17) is 0 Å². The number of imidazole rings is 1. The highest BCUT2D eigenvalue weighted by atomic mass is 32.1. The Morgan fingerprint density at radius 2 is 2.29 bits per heavy atom. The van der Waals surface area contributed by atoms with E-state index < -0.39 is 11.4 Å². The highest BCUT2D eigenvalue weighted by Crippen LogP contribution is 2.27. The lowest BCUT2D eigenvalue weighted by atomic mass is 9.90. The highest BCUT2D eigenvalue weighted by Gasteiger charge is 2.32. The minimum absolute atomic E-state index is 0.598. The third kappa shape index (κ3) is 4.04. The number of nitrogens with one attached hydrogen (secondary N) is 1. The third-order valence-corrected chi connectivity index (χ3v) is 4.16. The van der Waals surface area contributed by atoms with Crippen LogP contribution in [0.3, 0.4) is 0 Å². The van der Waals surface area contributed by atoms with Crippen LogP contribution in [-0.2, 0) is 16.8 Å². The fourth-order valence-corrected chi connectivity index (χ4v) is 2.69. The van der Waals surface area contributed by atoms with Crippen LogP contribution >= 0.6 is 11.3 Å². The van der Waals surface area contributed by atoms with E-state index in [2.05, 4.69) is 19.9 Å². The van der Waals surface area contributed by atoms with Gasteiger partial charge in [0.15, 0.2) is 5.13 Å². The molecule has 0 aliphatic rings. The standard InChI is InChI=1S/C14H20N4O2S/c1-14(2,12(19)20)11-9-21-13(17-11)16-5-3-4-7-18-8-6-15-10-18/h6,8-10H,3-5,7H2,1-2H3,(H,16,17)(H,19,20). The zero-order valence-electron chi connectivity index (χ0n) is 12.2. The number of carboxylic acid groups (broad SMARTS) is 1. The van der Waals surface area contributed by atoms with Gasteiger partial charge < -0.3 is 15.0 Å². The molecule has 0 saturated heterocycles. The van der Waals surface area contributed by atoms with Crippen LogP contribution in [0.4, 0.5) is 5.13 Å². The molecule has 2 aromatic heterocycles. The molecule has 2 rings (SSSR count). The molecule has 0 amide bonds. The van der Waals surface area contributed by atoms with Crippen molar-refractivity contribution in [3.05, 3.63) is 29.8 Å². The molecule has 0 spiro atoms. The lowest BCUT2D eigenvalue weighted by molar-refractivity contribution is -0.142. The maximum atomic E-state index is 11.2. The number of carboxylic acids is 1. The van der Waals surface area contributed by atoms with E-state index >= 15 is 0 Å². The number of nitrogens with zero attached hydrogens (tertiary/aromatic N) is 3. The van der Waals surface area contributed by atoms with E-state index in [1.165, 1.54) is 11.3 Å². The predicted molar refractivity (Wildman–Crippen MR) is 82.7 cm³/mol. The largest absolute Gasteiger partial charge is 0.481 e. The molecule has 7 heteroatoms. The van der Waals surface area contributed by atoms with Crippen molar-refractivity contribution in [3.8, 4) is 0 Å². The Hall–Kier alpha value is -1.89. The van der Waals surface area contributed by atoms with Gasteiger partial charge in [-0.05, 0) is 26.7 Å². The summed E-state index contributed by atoms with van der Waals surface area (Å²) in [7, 11) is 0. The topological polar surface area (TPSA) is 80.0 Å². The van der Waals surface area contributed by atoms with E-state index in [1.54, 1.807) is 20.0 Å². The summed E-state index contributed by atoms with van der Waals surface area (Å²) in [6, 6.07) is 0. The van der Waals surface area contributed by atoms with E-state index in [0.717, 1.165) is 31.1 Å². The second-order valence-electron chi connectivity index (χ2n) is 5.40.